The monoisotopic (exact) mass is 304 g/mol. The van der Waals surface area contributed by atoms with E-state index >= 15 is 0 Å². The second-order valence-corrected chi connectivity index (χ2v) is 5.75. The molecule has 1 N–H and O–H groups in total. The van der Waals surface area contributed by atoms with E-state index in [1.807, 2.05) is 0 Å². The molecule has 1 unspecified atom stereocenters. The molecule has 4 heteroatoms. The van der Waals surface area contributed by atoms with Crippen LogP contribution in [0.3, 0.4) is 0 Å². The molecular weight excluding hydrogens is 280 g/mol. The van der Waals surface area contributed by atoms with Crippen LogP contribution in [-0.2, 0) is 4.74 Å². The summed E-state index contributed by atoms with van der Waals surface area (Å²) in [6, 6.07) is 6.86. The Morgan fingerprint density at radius 2 is 1.95 bits per heavy atom. The maximum Gasteiger partial charge on any atom is 0.197 e. The van der Waals surface area contributed by atoms with E-state index in [9.17, 15) is 9.90 Å². The van der Waals surface area contributed by atoms with Crippen molar-refractivity contribution in [1.82, 2.24) is 0 Å². The van der Waals surface area contributed by atoms with Crippen LogP contribution in [0, 0.1) is 0 Å². The summed E-state index contributed by atoms with van der Waals surface area (Å²) < 4.78 is 10.9. The molecule has 22 heavy (non-hydrogen) atoms. The third kappa shape index (κ3) is 4.18. The number of rotatable bonds is 7. The summed E-state index contributed by atoms with van der Waals surface area (Å²) in [5.74, 6) is 0.443. The van der Waals surface area contributed by atoms with Crippen LogP contribution in [-0.4, -0.2) is 29.4 Å². The molecule has 0 aliphatic heterocycles. The Morgan fingerprint density at radius 1 is 1.32 bits per heavy atom. The third-order valence-corrected chi connectivity index (χ3v) is 3.97. The normalized spacial score (nSPS) is 18.5. The predicted octanol–water partition coefficient (Wildman–Crippen LogP) is 3.49. The van der Waals surface area contributed by atoms with Crippen LogP contribution in [0.1, 0.15) is 49.4 Å². The first kappa shape index (κ1) is 16.7. The number of hydrogen-bond acceptors (Lipinski definition) is 4. The van der Waals surface area contributed by atoms with Crippen molar-refractivity contribution in [3.8, 4) is 5.75 Å². The van der Waals surface area contributed by atoms with Crippen molar-refractivity contribution in [2.75, 3.05) is 6.61 Å². The Hall–Kier alpha value is -1.65. The van der Waals surface area contributed by atoms with Gasteiger partial charge >= 0.3 is 0 Å². The zero-order valence-corrected chi connectivity index (χ0v) is 13.1. The number of benzene rings is 1. The van der Waals surface area contributed by atoms with Crippen molar-refractivity contribution >= 4 is 5.78 Å². The molecule has 0 bridgehead atoms. The Morgan fingerprint density at radius 3 is 2.55 bits per heavy atom. The summed E-state index contributed by atoms with van der Waals surface area (Å²) in [6.07, 6.45) is 5.27. The number of carbonyl (C=O) groups is 1. The molecule has 0 aromatic heterocycles. The first-order chi connectivity index (χ1) is 10.5. The van der Waals surface area contributed by atoms with Gasteiger partial charge in [-0.3, -0.25) is 4.79 Å². The Bertz CT molecular complexity index is 500. The van der Waals surface area contributed by atoms with E-state index in [0.717, 1.165) is 19.3 Å². The molecule has 1 atom stereocenters. The van der Waals surface area contributed by atoms with Crippen LogP contribution in [0.4, 0.5) is 0 Å². The third-order valence-electron chi connectivity index (χ3n) is 3.97. The molecule has 0 heterocycles. The molecule has 4 nitrogen and oxygen atoms in total. The van der Waals surface area contributed by atoms with Gasteiger partial charge in [-0.05, 0) is 44.0 Å². The summed E-state index contributed by atoms with van der Waals surface area (Å²) in [4.78, 5) is 12.5. The number of carbonyl (C=O) groups excluding carboxylic acids is 1. The molecule has 2 rings (SSSR count). The molecule has 1 saturated carbocycles. The minimum atomic E-state index is -1.19. The molecule has 120 valence electrons. The second-order valence-electron chi connectivity index (χ2n) is 5.75. The Balaban J connectivity index is 1.99. The van der Waals surface area contributed by atoms with Gasteiger partial charge in [-0.1, -0.05) is 25.3 Å². The lowest BCUT2D eigenvalue weighted by Gasteiger charge is -2.30. The van der Waals surface area contributed by atoms with E-state index in [0.29, 0.717) is 30.8 Å². The smallest absolute Gasteiger partial charge is 0.197 e. The first-order valence-electron chi connectivity index (χ1n) is 7.81. The number of aliphatic hydroxyl groups is 1. The standard InChI is InChI=1S/C18H24O4/c1-3-13-21-14(2)22-16-9-7-15(8-10-16)17(19)18(20)11-5-4-6-12-18/h3,7-10,14,20H,1,4-6,11-13H2,2H3. The minimum absolute atomic E-state index is 0.185. The van der Waals surface area contributed by atoms with Crippen molar-refractivity contribution in [3.63, 3.8) is 0 Å². The fourth-order valence-corrected chi connectivity index (χ4v) is 2.75. The molecule has 0 saturated heterocycles. The number of Topliss-reactive ketones (excluding diaryl/α,β-unsaturated/α-hetero) is 1. The summed E-state index contributed by atoms with van der Waals surface area (Å²) >= 11 is 0. The molecular formula is C18H24O4. The van der Waals surface area contributed by atoms with Gasteiger partial charge in [0.15, 0.2) is 12.1 Å². The maximum atomic E-state index is 12.5. The predicted molar refractivity (Wildman–Crippen MR) is 85.0 cm³/mol. The molecule has 1 aromatic rings. The van der Waals surface area contributed by atoms with Crippen LogP contribution in [0.2, 0.25) is 0 Å². The van der Waals surface area contributed by atoms with Gasteiger partial charge in [0.2, 0.25) is 0 Å². The number of ketones is 1. The fourth-order valence-electron chi connectivity index (χ4n) is 2.75. The van der Waals surface area contributed by atoms with Crippen LogP contribution >= 0.6 is 0 Å². The van der Waals surface area contributed by atoms with Crippen LogP contribution in [0.25, 0.3) is 0 Å². The highest BCUT2D eigenvalue weighted by Gasteiger charge is 2.37. The SMILES string of the molecule is C=CCOC(C)Oc1ccc(C(=O)C2(O)CCCCC2)cc1. The second kappa shape index (κ2) is 7.56. The van der Waals surface area contributed by atoms with Crippen molar-refractivity contribution in [1.29, 1.82) is 0 Å². The van der Waals surface area contributed by atoms with Crippen LogP contribution < -0.4 is 4.74 Å². The molecule has 1 aliphatic rings. The Labute approximate surface area is 131 Å². The maximum absolute atomic E-state index is 12.5. The summed E-state index contributed by atoms with van der Waals surface area (Å²) in [5, 5.41) is 10.5. The van der Waals surface area contributed by atoms with Gasteiger partial charge in [-0.15, -0.1) is 6.58 Å². The highest BCUT2D eigenvalue weighted by molar-refractivity contribution is 6.02. The van der Waals surface area contributed by atoms with Crippen molar-refractivity contribution in [2.45, 2.75) is 50.9 Å². The molecule has 0 amide bonds. The quantitative estimate of drug-likeness (QED) is 0.476. The lowest BCUT2D eigenvalue weighted by molar-refractivity contribution is -0.0548. The fraction of sp³-hybridized carbons (Fsp3) is 0.500. The first-order valence-corrected chi connectivity index (χ1v) is 7.81. The molecule has 1 aromatic carbocycles. The zero-order valence-electron chi connectivity index (χ0n) is 13.1. The van der Waals surface area contributed by atoms with Crippen molar-refractivity contribution in [3.05, 3.63) is 42.5 Å². The summed E-state index contributed by atoms with van der Waals surface area (Å²) in [7, 11) is 0. The van der Waals surface area contributed by atoms with E-state index < -0.39 is 5.60 Å². The highest BCUT2D eigenvalue weighted by Crippen LogP contribution is 2.31. The van der Waals surface area contributed by atoms with E-state index in [-0.39, 0.29) is 12.1 Å². The van der Waals surface area contributed by atoms with Gasteiger partial charge in [0.25, 0.3) is 0 Å². The lowest BCUT2D eigenvalue weighted by Crippen LogP contribution is -2.40. The van der Waals surface area contributed by atoms with Gasteiger partial charge < -0.3 is 14.6 Å². The van der Waals surface area contributed by atoms with E-state index in [1.165, 1.54) is 0 Å². The lowest BCUT2D eigenvalue weighted by atomic mass is 9.79. The van der Waals surface area contributed by atoms with E-state index in [1.54, 1.807) is 37.3 Å². The van der Waals surface area contributed by atoms with Gasteiger partial charge in [-0.25, -0.2) is 0 Å². The molecule has 0 radical (unpaired) electrons. The average Bonchev–Trinajstić information content (AvgIpc) is 2.53. The summed E-state index contributed by atoms with van der Waals surface area (Å²) in [5.41, 5.74) is -0.669. The number of ether oxygens (including phenoxy) is 2. The largest absolute Gasteiger partial charge is 0.465 e. The minimum Gasteiger partial charge on any atom is -0.465 e. The van der Waals surface area contributed by atoms with Gasteiger partial charge in [0.1, 0.15) is 11.4 Å². The van der Waals surface area contributed by atoms with Gasteiger partial charge in [-0.2, -0.15) is 0 Å². The molecule has 1 fully saturated rings. The average molecular weight is 304 g/mol. The van der Waals surface area contributed by atoms with Crippen molar-refractivity contribution in [2.24, 2.45) is 0 Å². The topological polar surface area (TPSA) is 55.8 Å². The van der Waals surface area contributed by atoms with E-state index in [2.05, 4.69) is 6.58 Å². The van der Waals surface area contributed by atoms with Crippen molar-refractivity contribution < 1.29 is 19.4 Å². The zero-order chi connectivity index (χ0) is 16.0. The van der Waals surface area contributed by atoms with Gasteiger partial charge in [0.05, 0.1) is 6.61 Å². The van der Waals surface area contributed by atoms with E-state index in [4.69, 9.17) is 9.47 Å². The Kier molecular flexibility index (Phi) is 5.75. The summed E-state index contributed by atoms with van der Waals surface area (Å²) in [6.45, 7) is 5.80. The molecule has 0 spiro atoms. The number of hydrogen-bond donors (Lipinski definition) is 1. The molecule has 1 aliphatic carbocycles. The highest BCUT2D eigenvalue weighted by atomic mass is 16.7. The van der Waals surface area contributed by atoms with Crippen LogP contribution in [0.15, 0.2) is 36.9 Å². The van der Waals surface area contributed by atoms with Crippen LogP contribution in [0.5, 0.6) is 5.75 Å². The van der Waals surface area contributed by atoms with Gasteiger partial charge in [0, 0.05) is 5.56 Å².